The zero-order chi connectivity index (χ0) is 8.81. The molecule has 12 heavy (non-hydrogen) atoms. The van der Waals surface area contributed by atoms with Crippen LogP contribution in [0.25, 0.3) is 0 Å². The fourth-order valence-electron chi connectivity index (χ4n) is 1.37. The van der Waals surface area contributed by atoms with Crippen LogP contribution in [0.3, 0.4) is 0 Å². The Morgan fingerprint density at radius 2 is 2.50 bits per heavy atom. The molecule has 0 aromatic rings. The van der Waals surface area contributed by atoms with E-state index in [-0.39, 0.29) is 11.9 Å². The van der Waals surface area contributed by atoms with Crippen LogP contribution in [-0.4, -0.2) is 18.5 Å². The van der Waals surface area contributed by atoms with Crippen LogP contribution in [0.2, 0.25) is 0 Å². The molecule has 0 aromatic carbocycles. The molecule has 1 saturated heterocycles. The molecule has 1 rings (SSSR count). The molecule has 0 aliphatic carbocycles. The fraction of sp³-hybridized carbons (Fsp3) is 0.700. The second-order valence-corrected chi connectivity index (χ2v) is 3.08. The van der Waals surface area contributed by atoms with Crippen molar-refractivity contribution < 1.29 is 9.53 Å². The molecule has 1 unspecified atom stereocenters. The topological polar surface area (TPSA) is 26.3 Å². The van der Waals surface area contributed by atoms with Crippen molar-refractivity contribution in [3.63, 3.8) is 0 Å². The standard InChI is InChI=1S/C10H14O2/c1-2-3-5-9(11)8-10-6-4-7-12-10/h1,10H,3-8H2. The Balaban J connectivity index is 2.13. The third-order valence-corrected chi connectivity index (χ3v) is 2.03. The van der Waals surface area contributed by atoms with Crippen molar-refractivity contribution in [3.8, 4) is 12.3 Å². The number of Topliss-reactive ketones (excluding diaryl/α,β-unsaturated/α-hetero) is 1. The largest absolute Gasteiger partial charge is 0.378 e. The number of carbonyl (C=O) groups excluding carboxylic acids is 1. The average molecular weight is 166 g/mol. The predicted octanol–water partition coefficient (Wildman–Crippen LogP) is 1.54. The third-order valence-electron chi connectivity index (χ3n) is 2.03. The van der Waals surface area contributed by atoms with E-state index in [0.29, 0.717) is 19.3 Å². The summed E-state index contributed by atoms with van der Waals surface area (Å²) in [5.74, 6) is 2.70. The van der Waals surface area contributed by atoms with E-state index in [1.54, 1.807) is 0 Å². The van der Waals surface area contributed by atoms with Crippen molar-refractivity contribution in [1.29, 1.82) is 0 Å². The molecular weight excluding hydrogens is 152 g/mol. The Labute approximate surface area is 73.3 Å². The van der Waals surface area contributed by atoms with Crippen LogP contribution in [0.5, 0.6) is 0 Å². The lowest BCUT2D eigenvalue weighted by molar-refractivity contribution is -0.121. The molecule has 0 bridgehead atoms. The van der Waals surface area contributed by atoms with Gasteiger partial charge in [0.1, 0.15) is 5.78 Å². The summed E-state index contributed by atoms with van der Waals surface area (Å²) in [5, 5.41) is 0. The van der Waals surface area contributed by atoms with Gasteiger partial charge >= 0.3 is 0 Å². The Hall–Kier alpha value is -0.810. The second kappa shape index (κ2) is 4.95. The lowest BCUT2D eigenvalue weighted by Crippen LogP contribution is -2.11. The Morgan fingerprint density at radius 3 is 3.08 bits per heavy atom. The highest BCUT2D eigenvalue weighted by Crippen LogP contribution is 2.16. The van der Waals surface area contributed by atoms with Crippen LogP contribution >= 0.6 is 0 Å². The molecule has 0 spiro atoms. The molecule has 1 heterocycles. The first-order valence-electron chi connectivity index (χ1n) is 4.39. The maximum Gasteiger partial charge on any atom is 0.136 e. The van der Waals surface area contributed by atoms with E-state index in [2.05, 4.69) is 5.92 Å². The van der Waals surface area contributed by atoms with Gasteiger partial charge in [-0.3, -0.25) is 4.79 Å². The molecule has 1 atom stereocenters. The number of carbonyl (C=O) groups is 1. The summed E-state index contributed by atoms with van der Waals surface area (Å²) in [5.41, 5.74) is 0. The molecule has 2 heteroatoms. The van der Waals surface area contributed by atoms with Crippen LogP contribution in [0.15, 0.2) is 0 Å². The highest BCUT2D eigenvalue weighted by atomic mass is 16.5. The zero-order valence-electron chi connectivity index (χ0n) is 7.21. The van der Waals surface area contributed by atoms with E-state index >= 15 is 0 Å². The first-order valence-corrected chi connectivity index (χ1v) is 4.39. The number of ether oxygens (including phenoxy) is 1. The van der Waals surface area contributed by atoms with Gasteiger partial charge in [-0.25, -0.2) is 0 Å². The highest BCUT2D eigenvalue weighted by molar-refractivity contribution is 5.79. The van der Waals surface area contributed by atoms with Gasteiger partial charge < -0.3 is 4.74 Å². The molecule has 0 N–H and O–H groups in total. The van der Waals surface area contributed by atoms with Gasteiger partial charge in [0.15, 0.2) is 0 Å². The van der Waals surface area contributed by atoms with Gasteiger partial charge in [0.05, 0.1) is 6.10 Å². The number of rotatable bonds is 4. The molecule has 1 aliphatic rings. The van der Waals surface area contributed by atoms with Gasteiger partial charge in [0.2, 0.25) is 0 Å². The van der Waals surface area contributed by atoms with E-state index in [0.717, 1.165) is 19.4 Å². The molecule has 1 aliphatic heterocycles. The SMILES string of the molecule is C#CCCC(=O)CC1CCCO1. The zero-order valence-corrected chi connectivity index (χ0v) is 7.21. The molecule has 0 radical (unpaired) electrons. The van der Waals surface area contributed by atoms with Crippen LogP contribution in [0.4, 0.5) is 0 Å². The van der Waals surface area contributed by atoms with E-state index < -0.39 is 0 Å². The van der Waals surface area contributed by atoms with Gasteiger partial charge in [0.25, 0.3) is 0 Å². The van der Waals surface area contributed by atoms with E-state index in [4.69, 9.17) is 11.2 Å². The van der Waals surface area contributed by atoms with Gasteiger partial charge in [-0.15, -0.1) is 12.3 Å². The van der Waals surface area contributed by atoms with Crippen LogP contribution < -0.4 is 0 Å². The lowest BCUT2D eigenvalue weighted by atomic mass is 10.1. The molecule has 0 saturated carbocycles. The normalized spacial score (nSPS) is 22.1. The molecule has 2 nitrogen and oxygen atoms in total. The fourth-order valence-corrected chi connectivity index (χ4v) is 1.37. The van der Waals surface area contributed by atoms with E-state index in [1.807, 2.05) is 0 Å². The molecule has 1 fully saturated rings. The smallest absolute Gasteiger partial charge is 0.136 e. The summed E-state index contributed by atoms with van der Waals surface area (Å²) in [4.78, 5) is 11.2. The predicted molar refractivity (Wildman–Crippen MR) is 46.7 cm³/mol. The van der Waals surface area contributed by atoms with Crippen LogP contribution in [-0.2, 0) is 9.53 Å². The van der Waals surface area contributed by atoms with Crippen LogP contribution in [0, 0.1) is 12.3 Å². The molecule has 0 amide bonds. The van der Waals surface area contributed by atoms with Crippen molar-refractivity contribution in [2.75, 3.05) is 6.61 Å². The van der Waals surface area contributed by atoms with Crippen molar-refractivity contribution in [1.82, 2.24) is 0 Å². The Bertz CT molecular complexity index is 185. The lowest BCUT2D eigenvalue weighted by Gasteiger charge is -2.06. The average Bonchev–Trinajstić information content (AvgIpc) is 2.53. The minimum Gasteiger partial charge on any atom is -0.378 e. The van der Waals surface area contributed by atoms with Crippen LogP contribution in [0.1, 0.15) is 32.1 Å². The molecule has 66 valence electrons. The van der Waals surface area contributed by atoms with E-state index in [1.165, 1.54) is 0 Å². The highest BCUT2D eigenvalue weighted by Gasteiger charge is 2.18. The number of hydrogen-bond donors (Lipinski definition) is 0. The maximum absolute atomic E-state index is 11.2. The summed E-state index contributed by atoms with van der Waals surface area (Å²) in [7, 11) is 0. The molecular formula is C10H14O2. The van der Waals surface area contributed by atoms with Crippen molar-refractivity contribution in [2.24, 2.45) is 0 Å². The van der Waals surface area contributed by atoms with E-state index in [9.17, 15) is 4.79 Å². The molecule has 0 aromatic heterocycles. The summed E-state index contributed by atoms with van der Waals surface area (Å²) in [6.07, 6.45) is 8.98. The summed E-state index contributed by atoms with van der Waals surface area (Å²) in [6.45, 7) is 0.813. The Kier molecular flexibility index (Phi) is 3.83. The summed E-state index contributed by atoms with van der Waals surface area (Å²) < 4.78 is 5.33. The van der Waals surface area contributed by atoms with Gasteiger partial charge in [-0.05, 0) is 12.8 Å². The van der Waals surface area contributed by atoms with Crippen molar-refractivity contribution in [3.05, 3.63) is 0 Å². The van der Waals surface area contributed by atoms with Gasteiger partial charge in [-0.2, -0.15) is 0 Å². The quantitative estimate of drug-likeness (QED) is 0.592. The van der Waals surface area contributed by atoms with Gasteiger partial charge in [0, 0.05) is 25.9 Å². The van der Waals surface area contributed by atoms with Gasteiger partial charge in [-0.1, -0.05) is 0 Å². The third kappa shape index (κ3) is 3.06. The van der Waals surface area contributed by atoms with Crippen molar-refractivity contribution in [2.45, 2.75) is 38.2 Å². The minimum atomic E-state index is 0.176. The maximum atomic E-state index is 11.2. The monoisotopic (exact) mass is 166 g/mol. The number of ketones is 1. The minimum absolute atomic E-state index is 0.176. The first-order chi connectivity index (χ1) is 5.83. The number of terminal acetylenes is 1. The first kappa shape index (κ1) is 9.28. The summed E-state index contributed by atoms with van der Waals surface area (Å²) >= 11 is 0. The Morgan fingerprint density at radius 1 is 1.67 bits per heavy atom. The van der Waals surface area contributed by atoms with Crippen molar-refractivity contribution >= 4 is 5.78 Å². The second-order valence-electron chi connectivity index (χ2n) is 3.08. The number of hydrogen-bond acceptors (Lipinski definition) is 2. The summed E-state index contributed by atoms with van der Waals surface area (Å²) in [6, 6.07) is 0.